The van der Waals surface area contributed by atoms with Crippen LogP contribution in [-0.2, 0) is 0 Å². The molecular weight excluding hydrogens is 372 g/mol. The predicted molar refractivity (Wildman–Crippen MR) is 96.9 cm³/mol. The minimum absolute atomic E-state index is 0.263. The van der Waals surface area contributed by atoms with Gasteiger partial charge in [-0.25, -0.2) is 0 Å². The van der Waals surface area contributed by atoms with E-state index in [9.17, 15) is 4.79 Å². The van der Waals surface area contributed by atoms with Crippen LogP contribution >= 0.6 is 15.9 Å². The number of nitrogens with one attached hydrogen (secondary N) is 1. The molecule has 1 aromatic heterocycles. The van der Waals surface area contributed by atoms with Crippen molar-refractivity contribution in [3.63, 3.8) is 0 Å². The van der Waals surface area contributed by atoms with Crippen LogP contribution in [0, 0.1) is 0 Å². The number of hydrogen-bond donors (Lipinski definition) is 1. The van der Waals surface area contributed by atoms with E-state index < -0.39 is 0 Å². The first-order valence-electron chi connectivity index (χ1n) is 7.20. The fourth-order valence-corrected chi connectivity index (χ4v) is 2.80. The highest BCUT2D eigenvalue weighted by Gasteiger charge is 2.14. The van der Waals surface area contributed by atoms with Crippen molar-refractivity contribution < 1.29 is 14.3 Å². The van der Waals surface area contributed by atoms with Gasteiger partial charge in [-0.05, 0) is 46.3 Å². The first-order valence-corrected chi connectivity index (χ1v) is 7.99. The molecular formula is C18H15BrN2O3. The van der Waals surface area contributed by atoms with E-state index in [1.54, 1.807) is 44.7 Å². The summed E-state index contributed by atoms with van der Waals surface area (Å²) in [4.78, 5) is 17.0. The van der Waals surface area contributed by atoms with Crippen LogP contribution in [0.2, 0.25) is 0 Å². The number of halogens is 1. The maximum Gasteiger partial charge on any atom is 0.257 e. The van der Waals surface area contributed by atoms with Crippen LogP contribution in [0.1, 0.15) is 10.4 Å². The lowest BCUT2D eigenvalue weighted by Gasteiger charge is -2.12. The molecule has 0 saturated carbocycles. The number of fused-ring (bicyclic) bond motifs is 1. The SMILES string of the molecule is COc1ccc(Br)c(C(=O)Nc2cc(OC)cc3cccnc23)c1. The van der Waals surface area contributed by atoms with Crippen molar-refractivity contribution in [2.24, 2.45) is 0 Å². The van der Waals surface area contributed by atoms with Gasteiger partial charge >= 0.3 is 0 Å². The van der Waals surface area contributed by atoms with Crippen molar-refractivity contribution in [3.8, 4) is 11.5 Å². The summed E-state index contributed by atoms with van der Waals surface area (Å²) in [5.41, 5.74) is 1.76. The number of benzene rings is 2. The van der Waals surface area contributed by atoms with Gasteiger partial charge < -0.3 is 14.8 Å². The Morgan fingerprint density at radius 3 is 2.62 bits per heavy atom. The van der Waals surface area contributed by atoms with Crippen molar-refractivity contribution in [2.75, 3.05) is 19.5 Å². The standard InChI is InChI=1S/C18H15BrN2O3/c1-23-12-5-6-15(19)14(9-12)18(22)21-16-10-13(24-2)8-11-4-3-7-20-17(11)16/h3-10H,1-2H3,(H,21,22). The van der Waals surface area contributed by atoms with Crippen molar-refractivity contribution >= 4 is 38.4 Å². The predicted octanol–water partition coefficient (Wildman–Crippen LogP) is 4.27. The molecule has 2 aromatic carbocycles. The average Bonchev–Trinajstić information content (AvgIpc) is 2.61. The lowest BCUT2D eigenvalue weighted by atomic mass is 10.1. The van der Waals surface area contributed by atoms with Gasteiger partial charge in [-0.1, -0.05) is 6.07 Å². The molecule has 0 unspecified atom stereocenters. The molecule has 0 aliphatic rings. The van der Waals surface area contributed by atoms with E-state index in [1.807, 2.05) is 18.2 Å². The topological polar surface area (TPSA) is 60.5 Å². The number of aromatic nitrogens is 1. The van der Waals surface area contributed by atoms with Crippen LogP contribution in [-0.4, -0.2) is 25.1 Å². The summed E-state index contributed by atoms with van der Waals surface area (Å²) in [7, 11) is 3.15. The van der Waals surface area contributed by atoms with Gasteiger partial charge in [0.1, 0.15) is 11.5 Å². The minimum Gasteiger partial charge on any atom is -0.497 e. The number of amides is 1. The number of methoxy groups -OCH3 is 2. The van der Waals surface area contributed by atoms with Crippen LogP contribution in [0.4, 0.5) is 5.69 Å². The van der Waals surface area contributed by atoms with Crippen molar-refractivity contribution in [1.82, 2.24) is 4.98 Å². The van der Waals surface area contributed by atoms with Gasteiger partial charge in [0, 0.05) is 22.1 Å². The molecule has 3 rings (SSSR count). The summed E-state index contributed by atoms with van der Waals surface area (Å²) < 4.78 is 11.2. The summed E-state index contributed by atoms with van der Waals surface area (Å²) in [6.07, 6.45) is 1.69. The Morgan fingerprint density at radius 2 is 1.88 bits per heavy atom. The molecule has 6 heteroatoms. The molecule has 0 aliphatic heterocycles. The summed E-state index contributed by atoms with van der Waals surface area (Å²) >= 11 is 3.39. The molecule has 0 bridgehead atoms. The van der Waals surface area contributed by atoms with Gasteiger partial charge in [0.05, 0.1) is 31.0 Å². The highest BCUT2D eigenvalue weighted by atomic mass is 79.9. The largest absolute Gasteiger partial charge is 0.497 e. The molecule has 1 N–H and O–H groups in total. The van der Waals surface area contributed by atoms with Crippen molar-refractivity contribution in [3.05, 3.63) is 58.7 Å². The lowest BCUT2D eigenvalue weighted by Crippen LogP contribution is -2.13. The second kappa shape index (κ2) is 6.88. The second-order valence-electron chi connectivity index (χ2n) is 5.05. The monoisotopic (exact) mass is 386 g/mol. The second-order valence-corrected chi connectivity index (χ2v) is 5.90. The van der Waals surface area contributed by atoms with E-state index in [2.05, 4.69) is 26.2 Å². The zero-order valence-electron chi connectivity index (χ0n) is 13.2. The molecule has 1 amide bonds. The molecule has 0 aliphatic carbocycles. The Bertz CT molecular complexity index is 912. The third kappa shape index (κ3) is 3.19. The van der Waals surface area contributed by atoms with E-state index in [-0.39, 0.29) is 5.91 Å². The Hall–Kier alpha value is -2.60. The maximum atomic E-state index is 12.7. The molecule has 24 heavy (non-hydrogen) atoms. The molecule has 1 heterocycles. The number of rotatable bonds is 4. The molecule has 0 saturated heterocycles. The Kier molecular flexibility index (Phi) is 4.66. The smallest absolute Gasteiger partial charge is 0.257 e. The summed E-state index contributed by atoms with van der Waals surface area (Å²) in [5.74, 6) is 0.994. The van der Waals surface area contributed by atoms with E-state index in [4.69, 9.17) is 9.47 Å². The maximum absolute atomic E-state index is 12.7. The summed E-state index contributed by atoms with van der Waals surface area (Å²) in [5, 5.41) is 3.79. The van der Waals surface area contributed by atoms with Crippen LogP contribution < -0.4 is 14.8 Å². The number of anilines is 1. The number of ether oxygens (including phenoxy) is 2. The highest BCUT2D eigenvalue weighted by Crippen LogP contribution is 2.29. The van der Waals surface area contributed by atoms with E-state index in [0.29, 0.717) is 32.7 Å². The molecule has 122 valence electrons. The van der Waals surface area contributed by atoms with Crippen LogP contribution in [0.3, 0.4) is 0 Å². The summed E-state index contributed by atoms with van der Waals surface area (Å²) in [6, 6.07) is 12.6. The van der Waals surface area contributed by atoms with Gasteiger partial charge in [-0.2, -0.15) is 0 Å². The van der Waals surface area contributed by atoms with Crippen LogP contribution in [0.15, 0.2) is 53.1 Å². The van der Waals surface area contributed by atoms with Gasteiger partial charge in [0.15, 0.2) is 0 Å². The summed E-state index contributed by atoms with van der Waals surface area (Å²) in [6.45, 7) is 0. The first kappa shape index (κ1) is 16.3. The Labute approximate surface area is 147 Å². The van der Waals surface area contributed by atoms with Crippen LogP contribution in [0.5, 0.6) is 11.5 Å². The third-order valence-electron chi connectivity index (χ3n) is 3.58. The number of nitrogens with zero attached hydrogens (tertiary/aromatic N) is 1. The Morgan fingerprint density at radius 1 is 1.08 bits per heavy atom. The number of carbonyl (C=O) groups is 1. The van der Waals surface area contributed by atoms with Gasteiger partial charge in [-0.15, -0.1) is 0 Å². The van der Waals surface area contributed by atoms with Crippen molar-refractivity contribution in [2.45, 2.75) is 0 Å². The first-order chi connectivity index (χ1) is 11.6. The molecule has 3 aromatic rings. The van der Waals surface area contributed by atoms with Crippen molar-refractivity contribution in [1.29, 1.82) is 0 Å². The van der Waals surface area contributed by atoms with E-state index >= 15 is 0 Å². The van der Waals surface area contributed by atoms with Gasteiger partial charge in [-0.3, -0.25) is 9.78 Å². The molecule has 5 nitrogen and oxygen atoms in total. The number of carbonyl (C=O) groups excluding carboxylic acids is 1. The average molecular weight is 387 g/mol. The van der Waals surface area contributed by atoms with Gasteiger partial charge in [0.25, 0.3) is 5.91 Å². The molecule has 0 atom stereocenters. The molecule has 0 spiro atoms. The number of hydrogen-bond acceptors (Lipinski definition) is 4. The third-order valence-corrected chi connectivity index (χ3v) is 4.27. The van der Waals surface area contributed by atoms with E-state index in [1.165, 1.54) is 0 Å². The fraction of sp³-hybridized carbons (Fsp3) is 0.111. The zero-order valence-corrected chi connectivity index (χ0v) is 14.8. The van der Waals surface area contributed by atoms with Gasteiger partial charge in [0.2, 0.25) is 0 Å². The highest BCUT2D eigenvalue weighted by molar-refractivity contribution is 9.10. The fourth-order valence-electron chi connectivity index (χ4n) is 2.37. The number of pyridine rings is 1. The lowest BCUT2D eigenvalue weighted by molar-refractivity contribution is 0.102. The quantitative estimate of drug-likeness (QED) is 0.727. The normalized spacial score (nSPS) is 10.5. The van der Waals surface area contributed by atoms with E-state index in [0.717, 1.165) is 5.39 Å². The Balaban J connectivity index is 2.02. The molecule has 0 fully saturated rings. The zero-order chi connectivity index (χ0) is 17.1. The molecule has 0 radical (unpaired) electrons. The minimum atomic E-state index is -0.263. The van der Waals surface area contributed by atoms with Crippen LogP contribution in [0.25, 0.3) is 10.9 Å².